The van der Waals surface area contributed by atoms with Gasteiger partial charge in [-0.05, 0) is 36.6 Å². The number of rotatable bonds is 5. The van der Waals surface area contributed by atoms with Crippen molar-refractivity contribution in [1.29, 1.82) is 0 Å². The molecule has 4 rings (SSSR count). The lowest BCUT2D eigenvalue weighted by atomic mass is 10.2. The molecule has 1 saturated heterocycles. The van der Waals surface area contributed by atoms with E-state index in [0.29, 0.717) is 21.0 Å². The molecule has 1 aromatic heterocycles. The maximum Gasteiger partial charge on any atom is 0.242 e. The molecule has 0 radical (unpaired) electrons. The Morgan fingerprint density at radius 1 is 1.03 bits per heavy atom. The summed E-state index contributed by atoms with van der Waals surface area (Å²) in [5, 5.41) is 1.37. The van der Waals surface area contributed by atoms with Crippen molar-refractivity contribution in [3.63, 3.8) is 0 Å². The third kappa shape index (κ3) is 4.15. The fraction of sp³-hybridized carbons (Fsp3) is 0.286. The fourth-order valence-corrected chi connectivity index (χ4v) is 5.89. The highest BCUT2D eigenvalue weighted by Crippen LogP contribution is 2.30. The summed E-state index contributed by atoms with van der Waals surface area (Å²) in [5.41, 5.74) is 1.21. The molecule has 0 spiro atoms. The van der Waals surface area contributed by atoms with Crippen LogP contribution in [0.1, 0.15) is 18.4 Å². The molecule has 29 heavy (non-hydrogen) atoms. The van der Waals surface area contributed by atoms with Crippen LogP contribution in [0.15, 0.2) is 53.6 Å². The highest BCUT2D eigenvalue weighted by Gasteiger charge is 2.25. The summed E-state index contributed by atoms with van der Waals surface area (Å²) in [6.45, 7) is 1.65. The number of sulfone groups is 1. The number of fused-ring (bicyclic) bond motifs is 1. The van der Waals surface area contributed by atoms with Gasteiger partial charge in [-0.15, -0.1) is 0 Å². The van der Waals surface area contributed by atoms with E-state index in [0.717, 1.165) is 31.4 Å². The van der Waals surface area contributed by atoms with Gasteiger partial charge in [0.15, 0.2) is 9.84 Å². The number of aromatic nitrogens is 1. The van der Waals surface area contributed by atoms with E-state index in [1.54, 1.807) is 35.0 Å². The Morgan fingerprint density at radius 2 is 1.76 bits per heavy atom. The molecule has 5 nitrogen and oxygen atoms in total. The average molecular weight is 451 g/mol. The van der Waals surface area contributed by atoms with E-state index in [1.807, 2.05) is 17.0 Å². The van der Waals surface area contributed by atoms with Crippen molar-refractivity contribution in [2.75, 3.05) is 13.1 Å². The van der Waals surface area contributed by atoms with Crippen LogP contribution in [0.2, 0.25) is 10.0 Å². The second kappa shape index (κ2) is 8.01. The average Bonchev–Trinajstić information content (AvgIpc) is 3.33. The Bertz CT molecular complexity index is 1180. The number of amides is 1. The molecule has 0 aliphatic carbocycles. The van der Waals surface area contributed by atoms with Crippen LogP contribution in [0.3, 0.4) is 0 Å². The van der Waals surface area contributed by atoms with Gasteiger partial charge in [-0.1, -0.05) is 47.5 Å². The van der Waals surface area contributed by atoms with Gasteiger partial charge < -0.3 is 9.47 Å². The molecule has 3 aromatic rings. The summed E-state index contributed by atoms with van der Waals surface area (Å²) in [5.74, 6) is -0.232. The zero-order chi connectivity index (χ0) is 20.6. The summed E-state index contributed by atoms with van der Waals surface area (Å²) in [6, 6.07) is 12.0. The third-order valence-corrected chi connectivity index (χ3v) is 7.49. The van der Waals surface area contributed by atoms with Crippen LogP contribution in [-0.4, -0.2) is 36.9 Å². The SMILES string of the molecule is O=C(Cn1cc(S(=O)(=O)Cc2ccc(Cl)cc2Cl)c2ccccc21)N1CCCC1. The molecule has 0 N–H and O–H groups in total. The monoisotopic (exact) mass is 450 g/mol. The number of likely N-dealkylation sites (tertiary alicyclic amines) is 1. The Labute approximate surface area is 179 Å². The lowest BCUT2D eigenvalue weighted by molar-refractivity contribution is -0.130. The summed E-state index contributed by atoms with van der Waals surface area (Å²) in [6.07, 6.45) is 3.59. The van der Waals surface area contributed by atoms with Gasteiger partial charge in [-0.25, -0.2) is 8.42 Å². The standard InChI is InChI=1S/C21H20Cl2N2O3S/c22-16-8-7-15(18(23)11-16)14-29(27,28)20-12-25(19-6-2-1-5-17(19)20)13-21(26)24-9-3-4-10-24/h1-2,5-8,11-12H,3-4,9-10,13-14H2. The third-order valence-electron chi connectivity index (χ3n) is 5.21. The first-order chi connectivity index (χ1) is 13.8. The van der Waals surface area contributed by atoms with Crippen molar-refractivity contribution in [2.24, 2.45) is 0 Å². The first-order valence-corrected chi connectivity index (χ1v) is 11.8. The van der Waals surface area contributed by atoms with Gasteiger partial charge in [0.05, 0.1) is 10.6 Å². The highest BCUT2D eigenvalue weighted by molar-refractivity contribution is 7.90. The molecular weight excluding hydrogens is 431 g/mol. The molecule has 2 aromatic carbocycles. The lowest BCUT2D eigenvalue weighted by Crippen LogP contribution is -2.30. The summed E-state index contributed by atoms with van der Waals surface area (Å²) in [7, 11) is -3.68. The van der Waals surface area contributed by atoms with E-state index in [2.05, 4.69) is 0 Å². The van der Waals surface area contributed by atoms with Gasteiger partial charge in [-0.2, -0.15) is 0 Å². The maximum atomic E-state index is 13.2. The number of hydrogen-bond acceptors (Lipinski definition) is 3. The van der Waals surface area contributed by atoms with E-state index in [4.69, 9.17) is 23.2 Å². The number of carbonyl (C=O) groups is 1. The van der Waals surface area contributed by atoms with Gasteiger partial charge in [0.25, 0.3) is 0 Å². The number of nitrogens with zero attached hydrogens (tertiary/aromatic N) is 2. The molecule has 1 aliphatic heterocycles. The van der Waals surface area contributed by atoms with Crippen molar-refractivity contribution in [2.45, 2.75) is 30.0 Å². The summed E-state index contributed by atoms with van der Waals surface area (Å²) < 4.78 is 28.1. The second-order valence-electron chi connectivity index (χ2n) is 7.22. The van der Waals surface area contributed by atoms with Crippen LogP contribution in [-0.2, 0) is 26.9 Å². The molecule has 0 unspecified atom stereocenters. The molecule has 152 valence electrons. The smallest absolute Gasteiger partial charge is 0.242 e. The van der Waals surface area contributed by atoms with Gasteiger partial charge >= 0.3 is 0 Å². The van der Waals surface area contributed by atoms with E-state index in [9.17, 15) is 13.2 Å². The Kier molecular flexibility index (Phi) is 5.60. The highest BCUT2D eigenvalue weighted by atomic mass is 35.5. The molecule has 0 bridgehead atoms. The molecule has 0 atom stereocenters. The molecular formula is C21H20Cl2N2O3S. The Morgan fingerprint density at radius 3 is 2.48 bits per heavy atom. The Hall–Kier alpha value is -2.02. The molecule has 1 fully saturated rings. The number of para-hydroxylation sites is 1. The number of benzene rings is 2. The fourth-order valence-electron chi connectivity index (χ4n) is 3.73. The Balaban J connectivity index is 1.70. The van der Waals surface area contributed by atoms with Gasteiger partial charge in [0, 0.05) is 40.2 Å². The minimum absolute atomic E-state index is 0.00736. The minimum Gasteiger partial charge on any atom is -0.341 e. The van der Waals surface area contributed by atoms with Crippen LogP contribution in [0.4, 0.5) is 0 Å². The lowest BCUT2D eigenvalue weighted by Gasteiger charge is -2.15. The van der Waals surface area contributed by atoms with Crippen LogP contribution >= 0.6 is 23.2 Å². The molecule has 1 amide bonds. The topological polar surface area (TPSA) is 59.4 Å². The first kappa shape index (κ1) is 20.3. The normalized spacial score (nSPS) is 14.6. The van der Waals surface area contributed by atoms with Crippen molar-refractivity contribution in [1.82, 2.24) is 9.47 Å². The number of hydrogen-bond donors (Lipinski definition) is 0. The molecule has 8 heteroatoms. The van der Waals surface area contributed by atoms with Gasteiger partial charge in [-0.3, -0.25) is 4.79 Å². The predicted molar refractivity (Wildman–Crippen MR) is 115 cm³/mol. The minimum atomic E-state index is -3.68. The largest absolute Gasteiger partial charge is 0.341 e. The van der Waals surface area contributed by atoms with Crippen molar-refractivity contribution in [3.8, 4) is 0 Å². The summed E-state index contributed by atoms with van der Waals surface area (Å²) >= 11 is 12.1. The maximum absolute atomic E-state index is 13.2. The van der Waals surface area contributed by atoms with Crippen molar-refractivity contribution < 1.29 is 13.2 Å². The van der Waals surface area contributed by atoms with E-state index >= 15 is 0 Å². The zero-order valence-electron chi connectivity index (χ0n) is 15.6. The van der Waals surface area contributed by atoms with Crippen molar-refractivity contribution in [3.05, 3.63) is 64.3 Å². The van der Waals surface area contributed by atoms with Gasteiger partial charge in [0.1, 0.15) is 6.54 Å². The van der Waals surface area contributed by atoms with E-state index < -0.39 is 9.84 Å². The van der Waals surface area contributed by atoms with Crippen LogP contribution in [0.5, 0.6) is 0 Å². The van der Waals surface area contributed by atoms with Crippen LogP contribution in [0.25, 0.3) is 10.9 Å². The number of carbonyl (C=O) groups excluding carboxylic acids is 1. The number of halogens is 2. The molecule has 0 saturated carbocycles. The predicted octanol–water partition coefficient (Wildman–Crippen LogP) is 4.54. The zero-order valence-corrected chi connectivity index (χ0v) is 18.0. The van der Waals surface area contributed by atoms with Gasteiger partial charge in [0.2, 0.25) is 5.91 Å². The van der Waals surface area contributed by atoms with E-state index in [-0.39, 0.29) is 23.1 Å². The summed E-state index contributed by atoms with van der Waals surface area (Å²) in [4.78, 5) is 14.6. The quantitative estimate of drug-likeness (QED) is 0.572. The first-order valence-electron chi connectivity index (χ1n) is 9.37. The van der Waals surface area contributed by atoms with E-state index in [1.165, 1.54) is 6.07 Å². The van der Waals surface area contributed by atoms with Crippen LogP contribution < -0.4 is 0 Å². The van der Waals surface area contributed by atoms with Crippen molar-refractivity contribution >= 4 is 49.8 Å². The van der Waals surface area contributed by atoms with Crippen LogP contribution in [0, 0.1) is 0 Å². The molecule has 1 aliphatic rings. The molecule has 2 heterocycles. The second-order valence-corrected chi connectivity index (χ2v) is 10.0.